The first-order valence-electron chi connectivity index (χ1n) is 8.34. The fraction of sp³-hybridized carbons (Fsp3) is 0.500. The Morgan fingerprint density at radius 1 is 1.11 bits per heavy atom. The van der Waals surface area contributed by atoms with E-state index in [0.29, 0.717) is 5.56 Å². The molecule has 0 saturated heterocycles. The number of nitrogens with two attached hydrogens (primary N) is 1. The molecule has 2 N–H and O–H groups in total. The molecule has 1 heterocycles. The SMILES string of the molecule is CCOC1(OCC)N=C(N)C2(C#N)C(c3ccc(C(F)(F)F)cc3)C12C#N. The Balaban J connectivity index is 2.15. The predicted molar refractivity (Wildman–Crippen MR) is 87.9 cm³/mol. The predicted octanol–water partition coefficient (Wildman–Crippen LogP) is 2.92. The number of hydrogen-bond donors (Lipinski definition) is 1. The van der Waals surface area contributed by atoms with Gasteiger partial charge in [-0.05, 0) is 31.5 Å². The van der Waals surface area contributed by atoms with Gasteiger partial charge in [-0.25, -0.2) is 4.99 Å². The molecule has 1 aromatic rings. The zero-order valence-corrected chi connectivity index (χ0v) is 14.7. The van der Waals surface area contributed by atoms with E-state index in [-0.39, 0.29) is 19.0 Å². The third kappa shape index (κ3) is 2.16. The fourth-order valence-corrected chi connectivity index (χ4v) is 4.11. The molecule has 1 fully saturated rings. The summed E-state index contributed by atoms with van der Waals surface area (Å²) >= 11 is 0. The van der Waals surface area contributed by atoms with Crippen molar-refractivity contribution >= 4 is 5.84 Å². The number of aliphatic imine (C=N–C) groups is 1. The highest BCUT2D eigenvalue weighted by Gasteiger charge is 2.93. The van der Waals surface area contributed by atoms with Gasteiger partial charge >= 0.3 is 6.18 Å². The second-order valence-corrected chi connectivity index (χ2v) is 6.34. The Morgan fingerprint density at radius 2 is 1.67 bits per heavy atom. The minimum Gasteiger partial charge on any atom is -0.386 e. The summed E-state index contributed by atoms with van der Waals surface area (Å²) in [5, 5.41) is 19.9. The summed E-state index contributed by atoms with van der Waals surface area (Å²) in [6.45, 7) is 3.64. The minimum atomic E-state index is -4.49. The lowest BCUT2D eigenvalue weighted by atomic mass is 9.93. The summed E-state index contributed by atoms with van der Waals surface area (Å²) in [5.74, 6) is -2.71. The number of ether oxygens (including phenoxy) is 2. The third-order valence-corrected chi connectivity index (χ3v) is 5.18. The summed E-state index contributed by atoms with van der Waals surface area (Å²) in [4.78, 5) is 4.17. The number of fused-ring (bicyclic) bond motifs is 1. The number of nitrogens with zero attached hydrogens (tertiary/aromatic N) is 3. The van der Waals surface area contributed by atoms with Gasteiger partial charge in [-0.3, -0.25) is 0 Å². The minimum absolute atomic E-state index is 0.113. The lowest BCUT2D eigenvalue weighted by Crippen LogP contribution is -2.43. The van der Waals surface area contributed by atoms with Crippen LogP contribution in [0, 0.1) is 33.5 Å². The number of hydrogen-bond acceptors (Lipinski definition) is 6. The fourth-order valence-electron chi connectivity index (χ4n) is 4.11. The molecule has 27 heavy (non-hydrogen) atoms. The normalized spacial score (nSPS) is 30.8. The summed E-state index contributed by atoms with van der Waals surface area (Å²) in [6.07, 6.45) is -4.49. The molecule has 1 aliphatic heterocycles. The highest BCUT2D eigenvalue weighted by atomic mass is 19.4. The van der Waals surface area contributed by atoms with Crippen LogP contribution in [0.4, 0.5) is 13.2 Å². The first kappa shape index (κ1) is 19.2. The zero-order chi connectivity index (χ0) is 20.1. The van der Waals surface area contributed by atoms with Crippen molar-refractivity contribution in [2.24, 2.45) is 21.6 Å². The lowest BCUT2D eigenvalue weighted by Gasteiger charge is -2.31. The van der Waals surface area contributed by atoms with Crippen LogP contribution in [0.1, 0.15) is 30.9 Å². The van der Waals surface area contributed by atoms with E-state index >= 15 is 0 Å². The molecule has 3 unspecified atom stereocenters. The van der Waals surface area contributed by atoms with Gasteiger partial charge in [-0.2, -0.15) is 23.7 Å². The van der Waals surface area contributed by atoms with E-state index in [1.54, 1.807) is 13.8 Å². The first-order chi connectivity index (χ1) is 12.7. The van der Waals surface area contributed by atoms with Gasteiger partial charge in [-0.15, -0.1) is 0 Å². The Bertz CT molecular complexity index is 863. The standard InChI is InChI=1S/C18H17F3N4O2/c1-3-26-18(27-4-2)16(10-23)13(15(16,9-22)14(24)25-18)11-5-7-12(8-6-11)17(19,20)21/h5-8,13H,3-4H2,1-2H3,(H2,24,25). The van der Waals surface area contributed by atoms with Crippen LogP contribution in [-0.2, 0) is 15.7 Å². The maximum absolute atomic E-state index is 12.9. The highest BCUT2D eigenvalue weighted by Crippen LogP contribution is 2.81. The Labute approximate surface area is 154 Å². The monoisotopic (exact) mass is 378 g/mol. The molecule has 1 aromatic carbocycles. The average molecular weight is 378 g/mol. The van der Waals surface area contributed by atoms with E-state index < -0.39 is 34.4 Å². The van der Waals surface area contributed by atoms with E-state index in [4.69, 9.17) is 15.2 Å². The molecule has 0 aromatic heterocycles. The van der Waals surface area contributed by atoms with Gasteiger partial charge in [0.1, 0.15) is 11.3 Å². The number of rotatable bonds is 5. The van der Waals surface area contributed by atoms with Gasteiger partial charge in [0.2, 0.25) is 0 Å². The maximum Gasteiger partial charge on any atom is 0.416 e. The topological polar surface area (TPSA) is 104 Å². The van der Waals surface area contributed by atoms with Gasteiger partial charge < -0.3 is 15.2 Å². The van der Waals surface area contributed by atoms with Crippen molar-refractivity contribution in [1.82, 2.24) is 0 Å². The van der Waals surface area contributed by atoms with Crippen LogP contribution in [0.15, 0.2) is 29.3 Å². The maximum atomic E-state index is 12.9. The number of nitriles is 2. The van der Waals surface area contributed by atoms with Crippen molar-refractivity contribution in [2.75, 3.05) is 13.2 Å². The van der Waals surface area contributed by atoms with E-state index in [2.05, 4.69) is 17.1 Å². The third-order valence-electron chi connectivity index (χ3n) is 5.18. The quantitative estimate of drug-likeness (QED) is 0.793. The molecule has 0 bridgehead atoms. The number of alkyl halides is 3. The largest absolute Gasteiger partial charge is 0.416 e. The molecule has 2 aliphatic rings. The van der Waals surface area contributed by atoms with Gasteiger partial charge in [0.05, 0.1) is 17.7 Å². The van der Waals surface area contributed by atoms with Crippen LogP contribution in [0.2, 0.25) is 0 Å². The second kappa shape index (κ2) is 5.95. The van der Waals surface area contributed by atoms with Crippen molar-refractivity contribution in [3.63, 3.8) is 0 Å². The van der Waals surface area contributed by atoms with Gasteiger partial charge in [0, 0.05) is 19.1 Å². The molecule has 1 aliphatic carbocycles. The smallest absolute Gasteiger partial charge is 0.386 e. The van der Waals surface area contributed by atoms with E-state index in [0.717, 1.165) is 12.1 Å². The number of benzene rings is 1. The molecular weight excluding hydrogens is 361 g/mol. The number of halogens is 3. The van der Waals surface area contributed by atoms with E-state index in [9.17, 15) is 23.7 Å². The summed E-state index contributed by atoms with van der Waals surface area (Å²) in [7, 11) is 0. The number of amidine groups is 1. The Morgan fingerprint density at radius 3 is 2.07 bits per heavy atom. The molecule has 0 spiro atoms. The van der Waals surface area contributed by atoms with Crippen LogP contribution in [0.5, 0.6) is 0 Å². The Hall–Kier alpha value is -2.62. The van der Waals surface area contributed by atoms with Crippen molar-refractivity contribution < 1.29 is 22.6 Å². The van der Waals surface area contributed by atoms with Crippen LogP contribution in [-0.4, -0.2) is 25.0 Å². The second-order valence-electron chi connectivity index (χ2n) is 6.34. The molecule has 142 valence electrons. The molecule has 6 nitrogen and oxygen atoms in total. The van der Waals surface area contributed by atoms with Crippen LogP contribution < -0.4 is 5.73 Å². The molecule has 3 atom stereocenters. The van der Waals surface area contributed by atoms with E-state index in [1.807, 2.05) is 0 Å². The molecule has 0 radical (unpaired) electrons. The molecule has 9 heteroatoms. The lowest BCUT2D eigenvalue weighted by molar-refractivity contribution is -0.255. The first-order valence-corrected chi connectivity index (χ1v) is 8.34. The average Bonchev–Trinajstić information content (AvgIpc) is 3.20. The van der Waals surface area contributed by atoms with Gasteiger partial charge in [-0.1, -0.05) is 12.1 Å². The van der Waals surface area contributed by atoms with Crippen molar-refractivity contribution in [3.05, 3.63) is 35.4 Å². The Kier molecular flexibility index (Phi) is 4.22. The molecule has 1 saturated carbocycles. The zero-order valence-electron chi connectivity index (χ0n) is 14.7. The molecule has 0 amide bonds. The molecular formula is C18H17F3N4O2. The van der Waals surface area contributed by atoms with Crippen LogP contribution in [0.25, 0.3) is 0 Å². The van der Waals surface area contributed by atoms with Gasteiger partial charge in [0.15, 0.2) is 5.41 Å². The van der Waals surface area contributed by atoms with Crippen LogP contribution in [0.3, 0.4) is 0 Å². The van der Waals surface area contributed by atoms with Crippen molar-refractivity contribution in [3.8, 4) is 12.1 Å². The van der Waals surface area contributed by atoms with Crippen molar-refractivity contribution in [1.29, 1.82) is 10.5 Å². The van der Waals surface area contributed by atoms with Crippen LogP contribution >= 0.6 is 0 Å². The summed E-state index contributed by atoms with van der Waals surface area (Å²) in [6, 6.07) is 8.49. The highest BCUT2D eigenvalue weighted by molar-refractivity contribution is 6.00. The van der Waals surface area contributed by atoms with Crippen molar-refractivity contribution in [2.45, 2.75) is 31.9 Å². The van der Waals surface area contributed by atoms with Gasteiger partial charge in [0.25, 0.3) is 5.91 Å². The summed E-state index contributed by atoms with van der Waals surface area (Å²) < 4.78 is 49.9. The molecule has 3 rings (SSSR count). The summed E-state index contributed by atoms with van der Waals surface area (Å²) in [5.41, 5.74) is 2.47. The van der Waals surface area contributed by atoms with E-state index in [1.165, 1.54) is 12.1 Å².